The van der Waals surface area contributed by atoms with Crippen molar-refractivity contribution in [2.45, 2.75) is 0 Å². The first-order chi connectivity index (χ1) is 32.7. The van der Waals surface area contributed by atoms with Gasteiger partial charge >= 0.3 is 0 Å². The minimum absolute atomic E-state index is 0.527. The van der Waals surface area contributed by atoms with Gasteiger partial charge in [-0.2, -0.15) is 0 Å². The zero-order valence-electron chi connectivity index (χ0n) is 35.5. The third kappa shape index (κ3) is 5.70. The molecule has 3 heterocycles. The van der Waals surface area contributed by atoms with Crippen molar-refractivity contribution in [1.29, 1.82) is 0 Å². The Morgan fingerprint density at radius 2 is 0.879 bits per heavy atom. The first kappa shape index (κ1) is 36.5. The number of furan rings is 1. The predicted molar refractivity (Wildman–Crippen MR) is 273 cm³/mol. The molecule has 0 saturated heterocycles. The Morgan fingerprint density at radius 3 is 1.67 bits per heavy atom. The summed E-state index contributed by atoms with van der Waals surface area (Å²) in [7, 11) is 0. The number of rotatable bonds is 5. The molecule has 0 amide bonds. The van der Waals surface area contributed by atoms with E-state index in [0.29, 0.717) is 17.5 Å². The second kappa shape index (κ2) is 14.3. The summed E-state index contributed by atoms with van der Waals surface area (Å²) in [5.74, 6) is 1.69. The Hall–Kier alpha value is -8.93. The standard InChI is InChI=1S/C61H36N4O/c1-2-15-37(16-3-1)38-22-14-23-44(29-38)59-62-60(53-32-43-21-8-9-24-46(43)47-25-10-11-26-48(47)53)64-61(63-59)54-36-45(35-52-51-31-40-18-5-7-20-42(40)34-57(51)66-58(52)54)65-55-28-13-12-27-49(55)50-30-39-17-4-6-19-41(39)33-56(50)65/h1-36H. The molecule has 0 spiro atoms. The fourth-order valence-corrected chi connectivity index (χ4v) is 10.2. The van der Waals surface area contributed by atoms with E-state index in [-0.39, 0.29) is 0 Å². The summed E-state index contributed by atoms with van der Waals surface area (Å²) in [6.45, 7) is 0. The van der Waals surface area contributed by atoms with Crippen LogP contribution in [0, 0.1) is 0 Å². The SMILES string of the molecule is c1ccc(-c2cccc(-c3nc(-c4cc5ccccc5c5ccccc45)nc(-c4cc(-n5c6ccccc6c6cc7ccccc7cc65)cc5c4oc4cc6ccccc6cc45)n3)c2)cc1. The highest BCUT2D eigenvalue weighted by atomic mass is 16.3. The summed E-state index contributed by atoms with van der Waals surface area (Å²) < 4.78 is 9.43. The Kier molecular flexibility index (Phi) is 7.91. The molecule has 5 nitrogen and oxygen atoms in total. The fourth-order valence-electron chi connectivity index (χ4n) is 10.2. The first-order valence-corrected chi connectivity index (χ1v) is 22.3. The van der Waals surface area contributed by atoms with E-state index in [9.17, 15) is 0 Å². The molecule has 66 heavy (non-hydrogen) atoms. The van der Waals surface area contributed by atoms with E-state index in [1.807, 2.05) is 6.07 Å². The average Bonchev–Trinajstić information content (AvgIpc) is 3.91. The molecule has 0 bridgehead atoms. The molecule has 0 aliphatic rings. The van der Waals surface area contributed by atoms with Crippen molar-refractivity contribution in [2.75, 3.05) is 0 Å². The van der Waals surface area contributed by atoms with E-state index in [1.165, 1.54) is 26.9 Å². The quantitative estimate of drug-likeness (QED) is 0.162. The molecule has 0 aliphatic heterocycles. The molecular weight excluding hydrogens is 805 g/mol. The predicted octanol–water partition coefficient (Wildman–Crippen LogP) is 16.1. The lowest BCUT2D eigenvalue weighted by Gasteiger charge is -2.14. The van der Waals surface area contributed by atoms with Gasteiger partial charge in [0.1, 0.15) is 11.2 Å². The van der Waals surface area contributed by atoms with Crippen LogP contribution in [-0.2, 0) is 0 Å². The molecule has 14 aromatic rings. The summed E-state index contributed by atoms with van der Waals surface area (Å²) in [5.41, 5.74) is 9.57. The zero-order valence-corrected chi connectivity index (χ0v) is 35.5. The number of para-hydroxylation sites is 1. The van der Waals surface area contributed by atoms with Crippen LogP contribution in [-0.4, -0.2) is 19.5 Å². The molecule has 14 rings (SSSR count). The Morgan fingerprint density at radius 1 is 0.303 bits per heavy atom. The number of nitrogens with zero attached hydrogens (tertiary/aromatic N) is 4. The molecule has 0 unspecified atom stereocenters. The molecule has 3 aromatic heterocycles. The van der Waals surface area contributed by atoms with E-state index in [0.717, 1.165) is 93.4 Å². The minimum Gasteiger partial charge on any atom is -0.455 e. The third-order valence-corrected chi connectivity index (χ3v) is 13.3. The molecule has 0 radical (unpaired) electrons. The average molecular weight is 841 g/mol. The summed E-state index contributed by atoms with van der Waals surface area (Å²) in [5, 5.41) is 13.6. The maximum atomic E-state index is 7.04. The van der Waals surface area contributed by atoms with Crippen LogP contribution in [0.15, 0.2) is 223 Å². The van der Waals surface area contributed by atoms with Crippen molar-refractivity contribution in [2.24, 2.45) is 0 Å². The van der Waals surface area contributed by atoms with Crippen molar-refractivity contribution in [3.05, 3.63) is 218 Å². The topological polar surface area (TPSA) is 56.7 Å². The van der Waals surface area contributed by atoms with Crippen molar-refractivity contribution in [1.82, 2.24) is 19.5 Å². The monoisotopic (exact) mass is 840 g/mol. The molecule has 0 aliphatic carbocycles. The largest absolute Gasteiger partial charge is 0.455 e. The van der Waals surface area contributed by atoms with Gasteiger partial charge in [-0.3, -0.25) is 0 Å². The maximum Gasteiger partial charge on any atom is 0.167 e. The van der Waals surface area contributed by atoms with Gasteiger partial charge in [-0.1, -0.05) is 164 Å². The van der Waals surface area contributed by atoms with Gasteiger partial charge in [-0.05, 0) is 109 Å². The van der Waals surface area contributed by atoms with Crippen LogP contribution in [0.4, 0.5) is 0 Å². The van der Waals surface area contributed by atoms with Gasteiger partial charge in [0.25, 0.3) is 0 Å². The number of hydrogen-bond donors (Lipinski definition) is 0. The summed E-state index contributed by atoms with van der Waals surface area (Å²) >= 11 is 0. The molecule has 306 valence electrons. The van der Waals surface area contributed by atoms with Crippen LogP contribution in [0.1, 0.15) is 0 Å². The number of benzene rings is 11. The van der Waals surface area contributed by atoms with E-state index < -0.39 is 0 Å². The minimum atomic E-state index is 0.527. The van der Waals surface area contributed by atoms with Crippen LogP contribution in [0.25, 0.3) is 138 Å². The van der Waals surface area contributed by atoms with Crippen LogP contribution in [0.5, 0.6) is 0 Å². The molecule has 5 heteroatoms. The first-order valence-electron chi connectivity index (χ1n) is 22.3. The van der Waals surface area contributed by atoms with Gasteiger partial charge in [0.05, 0.1) is 16.6 Å². The van der Waals surface area contributed by atoms with Crippen LogP contribution >= 0.6 is 0 Å². The lowest BCUT2D eigenvalue weighted by Crippen LogP contribution is -2.02. The van der Waals surface area contributed by atoms with Crippen LogP contribution in [0.2, 0.25) is 0 Å². The summed E-state index contributed by atoms with van der Waals surface area (Å²) in [6, 6.07) is 77.6. The summed E-state index contributed by atoms with van der Waals surface area (Å²) in [6.07, 6.45) is 0. The summed E-state index contributed by atoms with van der Waals surface area (Å²) in [4.78, 5) is 16.3. The third-order valence-electron chi connectivity index (χ3n) is 13.3. The molecule has 0 atom stereocenters. The van der Waals surface area contributed by atoms with Crippen LogP contribution < -0.4 is 0 Å². The van der Waals surface area contributed by atoms with Crippen molar-refractivity contribution in [3.8, 4) is 51.0 Å². The van der Waals surface area contributed by atoms with Gasteiger partial charge in [-0.25, -0.2) is 15.0 Å². The van der Waals surface area contributed by atoms with Crippen molar-refractivity contribution in [3.63, 3.8) is 0 Å². The number of aromatic nitrogens is 4. The molecule has 0 N–H and O–H groups in total. The lowest BCUT2D eigenvalue weighted by molar-refractivity contribution is 0.670. The molecule has 0 fully saturated rings. The van der Waals surface area contributed by atoms with Crippen molar-refractivity contribution < 1.29 is 4.42 Å². The normalized spacial score (nSPS) is 11.9. The smallest absolute Gasteiger partial charge is 0.167 e. The van der Waals surface area contributed by atoms with E-state index in [4.69, 9.17) is 19.4 Å². The maximum absolute atomic E-state index is 7.04. The zero-order chi connectivity index (χ0) is 43.3. The van der Waals surface area contributed by atoms with E-state index in [1.54, 1.807) is 0 Å². The van der Waals surface area contributed by atoms with E-state index in [2.05, 4.69) is 217 Å². The molecular formula is C61H36N4O. The Balaban J connectivity index is 1.10. The van der Waals surface area contributed by atoms with Crippen LogP contribution in [0.3, 0.4) is 0 Å². The van der Waals surface area contributed by atoms with Gasteiger partial charge < -0.3 is 8.98 Å². The highest BCUT2D eigenvalue weighted by Gasteiger charge is 2.23. The van der Waals surface area contributed by atoms with Gasteiger partial charge in [0, 0.05) is 38.4 Å². The Labute approximate surface area is 378 Å². The number of fused-ring (bicyclic) bond motifs is 11. The highest BCUT2D eigenvalue weighted by molar-refractivity contribution is 6.17. The van der Waals surface area contributed by atoms with Crippen molar-refractivity contribution >= 4 is 86.8 Å². The second-order valence-corrected chi connectivity index (χ2v) is 17.2. The van der Waals surface area contributed by atoms with E-state index >= 15 is 0 Å². The highest BCUT2D eigenvalue weighted by Crippen LogP contribution is 2.43. The molecule has 0 saturated carbocycles. The number of hydrogen-bond acceptors (Lipinski definition) is 4. The van der Waals surface area contributed by atoms with Gasteiger partial charge in [0.15, 0.2) is 17.5 Å². The van der Waals surface area contributed by atoms with Gasteiger partial charge in [0.2, 0.25) is 0 Å². The van der Waals surface area contributed by atoms with Gasteiger partial charge in [-0.15, -0.1) is 0 Å². The second-order valence-electron chi connectivity index (χ2n) is 17.2. The molecule has 11 aromatic carbocycles. The fraction of sp³-hybridized carbons (Fsp3) is 0. The Bertz CT molecular complexity index is 4300. The lowest BCUT2D eigenvalue weighted by atomic mass is 9.96.